The predicted octanol–water partition coefficient (Wildman–Crippen LogP) is 7.11. The Kier molecular flexibility index (Phi) is 11.8. The third-order valence-corrected chi connectivity index (χ3v) is 10.6. The van der Waals surface area contributed by atoms with Crippen LogP contribution in [0.4, 0.5) is 5.69 Å². The lowest BCUT2D eigenvalue weighted by atomic mass is 9.95. The zero-order valence-corrected chi connectivity index (χ0v) is 27.7. The molecule has 0 aromatic heterocycles. The molecule has 12 heteroatoms. The van der Waals surface area contributed by atoms with Gasteiger partial charge in [-0.15, -0.1) is 0 Å². The van der Waals surface area contributed by atoms with E-state index in [9.17, 15) is 18.0 Å². The summed E-state index contributed by atoms with van der Waals surface area (Å²) in [7, 11) is -2.80. The molecule has 0 saturated heterocycles. The van der Waals surface area contributed by atoms with Gasteiger partial charge in [0.15, 0.2) is 0 Å². The number of hydrogen-bond acceptors (Lipinski definition) is 5. The van der Waals surface area contributed by atoms with Gasteiger partial charge in [-0.05, 0) is 61.7 Å². The molecular weight excluding hydrogens is 645 g/mol. The third-order valence-electron chi connectivity index (χ3n) is 7.76. The lowest BCUT2D eigenvalue weighted by molar-refractivity contribution is -0.140. The van der Waals surface area contributed by atoms with Gasteiger partial charge >= 0.3 is 0 Å². The van der Waals surface area contributed by atoms with Crippen LogP contribution in [0.5, 0.6) is 5.75 Å². The molecule has 4 rings (SSSR count). The molecule has 0 heterocycles. The van der Waals surface area contributed by atoms with E-state index in [1.807, 2.05) is 0 Å². The van der Waals surface area contributed by atoms with Gasteiger partial charge in [-0.25, -0.2) is 8.42 Å². The summed E-state index contributed by atoms with van der Waals surface area (Å²) in [4.78, 5) is 29.4. The largest absolute Gasteiger partial charge is 0.495 e. The Morgan fingerprint density at radius 3 is 2.18 bits per heavy atom. The van der Waals surface area contributed by atoms with Crippen LogP contribution < -0.4 is 14.4 Å². The first-order valence-electron chi connectivity index (χ1n) is 14.5. The molecule has 1 aliphatic rings. The van der Waals surface area contributed by atoms with Crippen LogP contribution in [0, 0.1) is 0 Å². The summed E-state index contributed by atoms with van der Waals surface area (Å²) in [6.45, 7) is 1.09. The number of ether oxygens (including phenoxy) is 1. The fourth-order valence-corrected chi connectivity index (χ4v) is 7.57. The van der Waals surface area contributed by atoms with Crippen molar-refractivity contribution in [2.24, 2.45) is 0 Å². The highest BCUT2D eigenvalue weighted by molar-refractivity contribution is 7.92. The van der Waals surface area contributed by atoms with Crippen molar-refractivity contribution in [3.05, 3.63) is 87.4 Å². The van der Waals surface area contributed by atoms with E-state index in [-0.39, 0.29) is 40.5 Å². The topological polar surface area (TPSA) is 96.0 Å². The molecule has 0 spiro atoms. The second kappa shape index (κ2) is 15.3. The Morgan fingerprint density at radius 2 is 1.59 bits per heavy atom. The van der Waals surface area contributed by atoms with Crippen LogP contribution in [0.3, 0.4) is 0 Å². The Morgan fingerprint density at radius 1 is 0.932 bits per heavy atom. The highest BCUT2D eigenvalue weighted by Crippen LogP contribution is 2.33. The number of benzene rings is 3. The number of anilines is 1. The average Bonchev–Trinajstić information content (AvgIpc) is 3.01. The van der Waals surface area contributed by atoms with Crippen molar-refractivity contribution < 1.29 is 22.7 Å². The summed E-state index contributed by atoms with van der Waals surface area (Å²) in [5.41, 5.74) is 0.612. The van der Waals surface area contributed by atoms with Crippen molar-refractivity contribution in [1.82, 2.24) is 10.2 Å². The van der Waals surface area contributed by atoms with Crippen molar-refractivity contribution in [3.8, 4) is 5.75 Å². The van der Waals surface area contributed by atoms with Crippen molar-refractivity contribution in [3.63, 3.8) is 0 Å². The normalized spacial score (nSPS) is 14.5. The van der Waals surface area contributed by atoms with Gasteiger partial charge in [-0.3, -0.25) is 13.9 Å². The molecule has 2 amide bonds. The molecule has 0 aliphatic heterocycles. The van der Waals surface area contributed by atoms with Gasteiger partial charge in [-0.2, -0.15) is 0 Å². The van der Waals surface area contributed by atoms with Crippen LogP contribution >= 0.6 is 34.8 Å². The average molecular weight is 681 g/mol. The summed E-state index contributed by atoms with van der Waals surface area (Å²) in [5, 5.41) is 3.94. The van der Waals surface area contributed by atoms with Crippen molar-refractivity contribution in [2.75, 3.05) is 18.0 Å². The van der Waals surface area contributed by atoms with Crippen molar-refractivity contribution >= 4 is 62.3 Å². The highest BCUT2D eigenvalue weighted by Gasteiger charge is 2.35. The molecule has 0 bridgehead atoms. The minimum atomic E-state index is -4.25. The predicted molar refractivity (Wildman–Crippen MR) is 175 cm³/mol. The van der Waals surface area contributed by atoms with E-state index in [0.717, 1.165) is 36.4 Å². The second-order valence-corrected chi connectivity index (χ2v) is 13.7. The molecule has 236 valence electrons. The van der Waals surface area contributed by atoms with Crippen molar-refractivity contribution in [2.45, 2.75) is 69.0 Å². The maximum atomic E-state index is 14.3. The zero-order chi connectivity index (χ0) is 31.9. The van der Waals surface area contributed by atoms with Gasteiger partial charge < -0.3 is 15.0 Å². The highest BCUT2D eigenvalue weighted by atomic mass is 35.5. The van der Waals surface area contributed by atoms with Crippen LogP contribution in [-0.4, -0.2) is 50.9 Å². The standard InChI is InChI=1S/C32H36Cl3N3O5S/c1-3-29(32(40)36-22-11-6-4-7-12-22)37(20-25-26(33)15-10-16-27(25)34)31(39)21-38(23-17-18-30(43-2)28(35)19-23)44(41,42)24-13-8-5-9-14-24/h5,8-10,13-19,22,29H,3-4,6-7,11-12,20-21H2,1-2H3,(H,36,40)/t29-/m1/s1. The summed E-state index contributed by atoms with van der Waals surface area (Å²) in [6.07, 6.45) is 5.20. The van der Waals surface area contributed by atoms with E-state index in [1.54, 1.807) is 43.3 Å². The second-order valence-electron chi connectivity index (χ2n) is 10.6. The molecule has 44 heavy (non-hydrogen) atoms. The first-order valence-corrected chi connectivity index (χ1v) is 17.1. The fourth-order valence-electron chi connectivity index (χ4n) is 5.38. The van der Waals surface area contributed by atoms with E-state index in [0.29, 0.717) is 21.4 Å². The van der Waals surface area contributed by atoms with Gasteiger partial charge in [0.1, 0.15) is 18.3 Å². The molecule has 1 fully saturated rings. The Bertz CT molecular complexity index is 1550. The van der Waals surface area contributed by atoms with Crippen LogP contribution in [0.1, 0.15) is 51.0 Å². The molecular formula is C32H36Cl3N3O5S. The third kappa shape index (κ3) is 7.99. The SMILES string of the molecule is CC[C@H](C(=O)NC1CCCCC1)N(Cc1c(Cl)cccc1Cl)C(=O)CN(c1ccc(OC)c(Cl)c1)S(=O)(=O)c1ccccc1. The number of hydrogen-bond donors (Lipinski definition) is 1. The van der Waals surface area contributed by atoms with Crippen LogP contribution in [0.25, 0.3) is 0 Å². The first kappa shape index (κ1) is 33.9. The molecule has 0 unspecified atom stereocenters. The maximum Gasteiger partial charge on any atom is 0.264 e. The van der Waals surface area contributed by atoms with Crippen LogP contribution in [0.2, 0.25) is 15.1 Å². The van der Waals surface area contributed by atoms with E-state index in [2.05, 4.69) is 5.32 Å². The smallest absolute Gasteiger partial charge is 0.264 e. The zero-order valence-electron chi connectivity index (χ0n) is 24.6. The molecule has 8 nitrogen and oxygen atoms in total. The Hall–Kier alpha value is -2.98. The number of carbonyl (C=O) groups excluding carboxylic acids is 2. The molecule has 0 radical (unpaired) electrons. The number of sulfonamides is 1. The first-order chi connectivity index (χ1) is 21.1. The summed E-state index contributed by atoms with van der Waals surface area (Å²) in [5.74, 6) is -0.571. The summed E-state index contributed by atoms with van der Waals surface area (Å²) < 4.78 is 34.3. The van der Waals surface area contributed by atoms with Gasteiger partial charge in [0, 0.05) is 28.2 Å². The van der Waals surface area contributed by atoms with Crippen LogP contribution in [-0.2, 0) is 26.2 Å². The van der Waals surface area contributed by atoms with E-state index in [4.69, 9.17) is 39.5 Å². The molecule has 3 aromatic rings. The van der Waals surface area contributed by atoms with Gasteiger partial charge in [-0.1, -0.05) is 85.3 Å². The molecule has 1 N–H and O–H groups in total. The molecule has 1 atom stereocenters. The fraction of sp³-hybridized carbons (Fsp3) is 0.375. The molecule has 1 aliphatic carbocycles. The quantitative estimate of drug-likeness (QED) is 0.220. The monoisotopic (exact) mass is 679 g/mol. The molecule has 1 saturated carbocycles. The number of nitrogens with one attached hydrogen (secondary N) is 1. The van der Waals surface area contributed by atoms with Crippen LogP contribution in [0.15, 0.2) is 71.6 Å². The van der Waals surface area contributed by atoms with Gasteiger partial charge in [0.25, 0.3) is 10.0 Å². The molecule has 3 aromatic carbocycles. The van der Waals surface area contributed by atoms with E-state index in [1.165, 1.54) is 42.3 Å². The lowest BCUT2D eigenvalue weighted by Gasteiger charge is -2.35. The number of halogens is 3. The van der Waals surface area contributed by atoms with Gasteiger partial charge in [0.2, 0.25) is 11.8 Å². The minimum absolute atomic E-state index is 0.0116. The summed E-state index contributed by atoms with van der Waals surface area (Å²) in [6, 6.07) is 16.4. The van der Waals surface area contributed by atoms with Gasteiger partial charge in [0.05, 0.1) is 22.7 Å². The number of nitrogens with zero attached hydrogens (tertiary/aromatic N) is 2. The number of amides is 2. The maximum absolute atomic E-state index is 14.3. The van der Waals surface area contributed by atoms with E-state index >= 15 is 0 Å². The minimum Gasteiger partial charge on any atom is -0.495 e. The summed E-state index contributed by atoms with van der Waals surface area (Å²) >= 11 is 19.4. The number of rotatable bonds is 12. The van der Waals surface area contributed by atoms with E-state index < -0.39 is 28.5 Å². The Labute approximate surface area is 274 Å². The number of methoxy groups -OCH3 is 1. The van der Waals surface area contributed by atoms with Crippen molar-refractivity contribution in [1.29, 1.82) is 0 Å². The lowest BCUT2D eigenvalue weighted by Crippen LogP contribution is -2.54. The Balaban J connectivity index is 1.75. The number of carbonyl (C=O) groups is 2.